The number of nitrogens with one attached hydrogen (secondary N) is 4. The van der Waals surface area contributed by atoms with E-state index < -0.39 is 59.4 Å². The number of carbonyl (C=O) groups is 5. The molecule has 2 heterocycles. The van der Waals surface area contributed by atoms with E-state index in [0.717, 1.165) is 40.2 Å². The number of likely N-dealkylation sites (tertiary alicyclic amines) is 1. The van der Waals surface area contributed by atoms with E-state index in [1.165, 1.54) is 4.90 Å². The Balaban J connectivity index is 0.943. The van der Waals surface area contributed by atoms with E-state index >= 15 is 0 Å². The van der Waals surface area contributed by atoms with Gasteiger partial charge in [-0.25, -0.2) is 4.98 Å². The lowest BCUT2D eigenvalue weighted by molar-refractivity contribution is -0.164. The predicted molar refractivity (Wildman–Crippen MR) is 292 cm³/mol. The van der Waals surface area contributed by atoms with Crippen molar-refractivity contribution in [2.75, 3.05) is 31.6 Å². The SMILES string of the molecule is Cc1ncsc1-c1ccc([C@H](C)NC(=O)[C@@H]2C[C@@H](OC(=O)[C@@H](N)C(C)C)CN2C(=O)[C@@H](NC(=O)COCCCCCNc2ccc(C(=O)N[C@H]3C(C)(C)[C@H](Oc4ccc(C#N)c(Cl)c4)C3(C)C)cc2)C(C)(C)C)cc1. The summed E-state index contributed by atoms with van der Waals surface area (Å²) in [6, 6.07) is 18.9. The van der Waals surface area contributed by atoms with E-state index in [1.807, 2.05) is 90.4 Å². The molecule has 16 nitrogen and oxygen atoms in total. The Kier molecular flexibility index (Phi) is 19.2. The van der Waals surface area contributed by atoms with Crippen molar-refractivity contribution in [2.45, 2.75) is 144 Å². The summed E-state index contributed by atoms with van der Waals surface area (Å²) in [6.45, 7) is 22.0. The van der Waals surface area contributed by atoms with Crippen LogP contribution < -0.4 is 31.7 Å². The molecule has 75 heavy (non-hydrogen) atoms. The molecule has 4 amide bonds. The van der Waals surface area contributed by atoms with Crippen molar-refractivity contribution < 1.29 is 38.2 Å². The van der Waals surface area contributed by atoms with Gasteiger partial charge in [-0.15, -0.1) is 11.3 Å². The lowest BCUT2D eigenvalue weighted by Gasteiger charge is -2.63. The number of benzene rings is 3. The molecule has 6 rings (SSSR count). The molecular weight excluding hydrogens is 992 g/mol. The third kappa shape index (κ3) is 14.3. The number of hydrogen-bond acceptors (Lipinski definition) is 13. The molecule has 404 valence electrons. The summed E-state index contributed by atoms with van der Waals surface area (Å²) < 4.78 is 17.9. The highest BCUT2D eigenvalue weighted by Gasteiger charge is 2.64. The molecule has 1 saturated heterocycles. The Morgan fingerprint density at radius 1 is 0.947 bits per heavy atom. The number of thiazole rings is 1. The van der Waals surface area contributed by atoms with E-state index in [1.54, 1.807) is 41.7 Å². The second kappa shape index (κ2) is 24.7. The van der Waals surface area contributed by atoms with Crippen molar-refractivity contribution in [3.05, 3.63) is 99.6 Å². The van der Waals surface area contributed by atoms with Crippen LogP contribution in [0.15, 0.2) is 72.2 Å². The van der Waals surface area contributed by atoms with Gasteiger partial charge in [-0.3, -0.25) is 24.0 Å². The quantitative estimate of drug-likeness (QED) is 0.0368. The highest BCUT2D eigenvalue weighted by Crippen LogP contribution is 2.55. The zero-order chi connectivity index (χ0) is 55.0. The molecule has 2 fully saturated rings. The maximum Gasteiger partial charge on any atom is 0.323 e. The Bertz CT molecular complexity index is 2680. The average Bonchev–Trinajstić information content (AvgIpc) is 4.00. The molecule has 1 aromatic heterocycles. The number of nitrogens with two attached hydrogens (primary N) is 1. The summed E-state index contributed by atoms with van der Waals surface area (Å²) in [4.78, 5) is 75.3. The van der Waals surface area contributed by atoms with E-state index in [9.17, 15) is 29.2 Å². The molecule has 2 aliphatic rings. The molecule has 4 aromatic rings. The molecule has 0 radical (unpaired) electrons. The van der Waals surface area contributed by atoms with Gasteiger partial charge in [0.1, 0.15) is 48.8 Å². The largest absolute Gasteiger partial charge is 0.489 e. The summed E-state index contributed by atoms with van der Waals surface area (Å²) in [5.41, 5.74) is 11.0. The minimum Gasteiger partial charge on any atom is -0.489 e. The van der Waals surface area contributed by atoms with Crippen molar-refractivity contribution >= 4 is 58.2 Å². The fraction of sp³-hybridized carbons (Fsp3) is 0.526. The first-order valence-corrected chi connectivity index (χ1v) is 27.0. The smallest absolute Gasteiger partial charge is 0.323 e. The van der Waals surface area contributed by atoms with Crippen LogP contribution >= 0.6 is 22.9 Å². The van der Waals surface area contributed by atoms with Gasteiger partial charge >= 0.3 is 5.97 Å². The van der Waals surface area contributed by atoms with Gasteiger partial charge in [0.15, 0.2) is 0 Å². The first-order chi connectivity index (χ1) is 35.3. The van der Waals surface area contributed by atoms with Crippen LogP contribution in [-0.4, -0.2) is 102 Å². The van der Waals surface area contributed by atoms with Gasteiger partial charge in [0.05, 0.1) is 39.3 Å². The molecule has 5 atom stereocenters. The van der Waals surface area contributed by atoms with Crippen LogP contribution in [0.2, 0.25) is 5.02 Å². The molecule has 0 spiro atoms. The summed E-state index contributed by atoms with van der Waals surface area (Å²) >= 11 is 7.81. The number of unbranched alkanes of at least 4 members (excludes halogenated alkanes) is 2. The number of hydrogen-bond donors (Lipinski definition) is 5. The van der Waals surface area contributed by atoms with Gasteiger partial charge in [-0.2, -0.15) is 5.26 Å². The standard InChI is InChI=1S/C57H75ClN8O8S/c1-33(2)46(60)52(71)73-42-28-44(50(69)63-34(3)36-15-17-37(18-16-36)47-35(4)62-32-75-47)66(30-42)51(70)48(55(5,6)7)64-45(67)31-72-26-14-12-13-25-61-40-22-19-38(20-23-40)49(68)65-53-56(8,9)54(57(53,10)11)74-41-24-21-39(29-59)43(58)27-41/h15-24,27,32-34,42,44,46,48,53-54,61H,12-14,25-26,28,30-31,60H2,1-11H3,(H,63,69)(H,64,67)(H,65,68)/t34-,42+,44-,46-,48+,53-,54-/m0/s1. The summed E-state index contributed by atoms with van der Waals surface area (Å²) in [5, 5.41) is 22.1. The Morgan fingerprint density at radius 3 is 2.23 bits per heavy atom. The van der Waals surface area contributed by atoms with Crippen LogP contribution in [0.5, 0.6) is 5.75 Å². The molecule has 1 saturated carbocycles. The first-order valence-electron chi connectivity index (χ1n) is 25.8. The fourth-order valence-corrected chi connectivity index (χ4v) is 11.3. The van der Waals surface area contributed by atoms with Crippen molar-refractivity contribution in [3.63, 3.8) is 0 Å². The number of anilines is 1. The van der Waals surface area contributed by atoms with Gasteiger partial charge in [-0.1, -0.05) is 98.2 Å². The van der Waals surface area contributed by atoms with Crippen LogP contribution in [0.1, 0.15) is 128 Å². The van der Waals surface area contributed by atoms with Crippen LogP contribution in [0.3, 0.4) is 0 Å². The van der Waals surface area contributed by atoms with E-state index in [0.29, 0.717) is 41.5 Å². The van der Waals surface area contributed by atoms with Crippen LogP contribution in [0.4, 0.5) is 5.69 Å². The lowest BCUT2D eigenvalue weighted by atomic mass is 9.49. The third-order valence-electron chi connectivity index (χ3n) is 14.4. The fourth-order valence-electron chi connectivity index (χ4n) is 10.3. The van der Waals surface area contributed by atoms with Gasteiger partial charge in [0.2, 0.25) is 17.7 Å². The Morgan fingerprint density at radius 2 is 1.63 bits per heavy atom. The predicted octanol–water partition coefficient (Wildman–Crippen LogP) is 8.76. The van der Waals surface area contributed by atoms with Gasteiger partial charge in [0, 0.05) is 53.8 Å². The number of carbonyl (C=O) groups excluding carboxylic acids is 5. The summed E-state index contributed by atoms with van der Waals surface area (Å²) in [6.07, 6.45) is 1.44. The zero-order valence-corrected chi connectivity index (χ0v) is 46.7. The van der Waals surface area contributed by atoms with Crippen LogP contribution in [0, 0.1) is 40.4 Å². The minimum atomic E-state index is -1.02. The number of amides is 4. The lowest BCUT2D eigenvalue weighted by Crippen LogP contribution is -2.74. The number of aryl methyl sites for hydroxylation is 1. The number of aromatic nitrogens is 1. The molecular formula is C57H75ClN8O8S. The minimum absolute atomic E-state index is 0.0447. The maximum atomic E-state index is 14.5. The topological polar surface area (TPSA) is 227 Å². The first kappa shape index (κ1) is 58.2. The van der Waals surface area contributed by atoms with Crippen molar-refractivity contribution in [1.82, 2.24) is 25.8 Å². The summed E-state index contributed by atoms with van der Waals surface area (Å²) in [5.74, 6) is -1.73. The number of nitriles is 1. The highest BCUT2D eigenvalue weighted by molar-refractivity contribution is 7.13. The number of nitrogens with zero attached hydrogens (tertiary/aromatic N) is 3. The molecule has 1 aliphatic heterocycles. The monoisotopic (exact) mass is 1070 g/mol. The average molecular weight is 1070 g/mol. The molecule has 6 N–H and O–H groups in total. The number of esters is 1. The Hall–Kier alpha value is -6.06. The van der Waals surface area contributed by atoms with Gasteiger partial charge in [0.25, 0.3) is 5.91 Å². The molecule has 1 aliphatic carbocycles. The molecule has 18 heteroatoms. The van der Waals surface area contributed by atoms with Crippen molar-refractivity contribution in [3.8, 4) is 22.3 Å². The maximum absolute atomic E-state index is 14.5. The third-order valence-corrected chi connectivity index (χ3v) is 15.7. The van der Waals surface area contributed by atoms with E-state index in [-0.39, 0.29) is 54.4 Å². The van der Waals surface area contributed by atoms with Gasteiger partial charge in [-0.05, 0) is 92.0 Å². The number of halogens is 1. The van der Waals surface area contributed by atoms with E-state index in [2.05, 4.69) is 60.0 Å². The Labute approximate surface area is 451 Å². The normalized spacial score (nSPS) is 19.9. The molecule has 0 bridgehead atoms. The number of rotatable bonds is 22. The zero-order valence-electron chi connectivity index (χ0n) is 45.2. The summed E-state index contributed by atoms with van der Waals surface area (Å²) in [7, 11) is 0. The van der Waals surface area contributed by atoms with Crippen molar-refractivity contribution in [2.24, 2.45) is 27.9 Å². The molecule has 0 unspecified atom stereocenters. The highest BCUT2D eigenvalue weighted by atomic mass is 35.5. The van der Waals surface area contributed by atoms with Crippen molar-refractivity contribution in [1.29, 1.82) is 5.26 Å². The number of ether oxygens (including phenoxy) is 3. The van der Waals surface area contributed by atoms with Crippen LogP contribution in [-0.2, 0) is 28.7 Å². The van der Waals surface area contributed by atoms with Gasteiger partial charge < -0.3 is 46.1 Å². The second-order valence-electron chi connectivity index (χ2n) is 22.5. The second-order valence-corrected chi connectivity index (χ2v) is 23.7. The van der Waals surface area contributed by atoms with E-state index in [4.69, 9.17) is 31.5 Å². The molecule has 3 aromatic carbocycles. The van der Waals surface area contributed by atoms with Crippen LogP contribution in [0.25, 0.3) is 10.4 Å².